The molecule has 0 saturated heterocycles. The summed E-state index contributed by atoms with van der Waals surface area (Å²) in [5.41, 5.74) is 0. The number of hydrogen-bond acceptors (Lipinski definition) is 5. The molecule has 9 heteroatoms. The predicted octanol–water partition coefficient (Wildman–Crippen LogP) is 14.8. The van der Waals surface area contributed by atoms with Crippen LogP contribution in [0.15, 0.2) is 48.6 Å². The Bertz CT molecular complexity index is 1130. The van der Waals surface area contributed by atoms with Crippen LogP contribution in [-0.2, 0) is 18.4 Å². The summed E-state index contributed by atoms with van der Waals surface area (Å²) in [5.74, 6) is -0.223. The molecule has 0 aliphatic carbocycles. The van der Waals surface area contributed by atoms with E-state index in [1.807, 2.05) is 33.3 Å². The van der Waals surface area contributed by atoms with E-state index in [1.165, 1.54) is 148 Å². The normalized spacial score (nSPS) is 14.5. The largest absolute Gasteiger partial charge is 0.472 e. The number of amides is 1. The molecule has 0 fully saturated rings. The smallest absolute Gasteiger partial charge is 0.391 e. The van der Waals surface area contributed by atoms with Gasteiger partial charge in [0.2, 0.25) is 5.91 Å². The minimum absolute atomic E-state index is 0.0608. The number of allylic oxidation sites excluding steroid dienone is 8. The number of rotatable bonds is 46. The zero-order chi connectivity index (χ0) is 45.0. The van der Waals surface area contributed by atoms with Crippen LogP contribution in [0, 0.1) is 0 Å². The van der Waals surface area contributed by atoms with E-state index < -0.39 is 20.0 Å². The minimum Gasteiger partial charge on any atom is -0.391 e. The highest BCUT2D eigenvalue weighted by molar-refractivity contribution is 7.47. The molecule has 0 radical (unpaired) electrons. The number of carbonyl (C=O) groups excluding carboxylic acids is 1. The second-order valence-corrected chi connectivity index (χ2v) is 20.0. The number of phosphoric acid groups is 1. The van der Waals surface area contributed by atoms with Crippen LogP contribution in [0.1, 0.15) is 226 Å². The van der Waals surface area contributed by atoms with Gasteiger partial charge < -0.3 is 19.8 Å². The fourth-order valence-corrected chi connectivity index (χ4v) is 8.09. The van der Waals surface area contributed by atoms with Crippen LogP contribution in [0.25, 0.3) is 0 Å². The molecule has 3 unspecified atom stereocenters. The van der Waals surface area contributed by atoms with Crippen LogP contribution in [0.4, 0.5) is 0 Å². The Morgan fingerprint density at radius 3 is 1.34 bits per heavy atom. The molecule has 61 heavy (non-hydrogen) atoms. The molecule has 3 atom stereocenters. The molecule has 0 heterocycles. The SMILES string of the molecule is CC/C=C\C/C=C\C/C=C\C/C=C\CCC(=O)NC(COP(=O)(O)OCC[N+](C)(C)C)C(O)CCCCCCCCCCCCCCCCCCCCCCCCCCCC. The van der Waals surface area contributed by atoms with E-state index in [0.717, 1.165) is 44.9 Å². The van der Waals surface area contributed by atoms with E-state index in [1.54, 1.807) is 0 Å². The highest BCUT2D eigenvalue weighted by Crippen LogP contribution is 2.43. The topological polar surface area (TPSA) is 105 Å². The fourth-order valence-electron chi connectivity index (χ4n) is 7.35. The van der Waals surface area contributed by atoms with Gasteiger partial charge in [-0.25, -0.2) is 4.57 Å². The molecule has 0 aromatic rings. The first-order chi connectivity index (χ1) is 29.5. The first kappa shape index (κ1) is 59.5. The summed E-state index contributed by atoms with van der Waals surface area (Å²) in [4.78, 5) is 23.1. The maximum atomic E-state index is 12.9. The molecule has 8 nitrogen and oxygen atoms in total. The van der Waals surface area contributed by atoms with Crippen molar-refractivity contribution in [2.45, 2.75) is 238 Å². The third-order valence-corrected chi connectivity index (χ3v) is 12.3. The van der Waals surface area contributed by atoms with Gasteiger partial charge in [0.05, 0.1) is 39.9 Å². The van der Waals surface area contributed by atoms with E-state index in [9.17, 15) is 19.4 Å². The zero-order valence-electron chi connectivity index (χ0n) is 40.7. The molecule has 0 aliphatic rings. The Morgan fingerprint density at radius 1 is 0.574 bits per heavy atom. The van der Waals surface area contributed by atoms with Crippen LogP contribution < -0.4 is 5.32 Å². The van der Waals surface area contributed by atoms with Crippen molar-refractivity contribution in [3.63, 3.8) is 0 Å². The van der Waals surface area contributed by atoms with Crippen molar-refractivity contribution in [3.05, 3.63) is 48.6 Å². The van der Waals surface area contributed by atoms with Crippen molar-refractivity contribution >= 4 is 13.7 Å². The van der Waals surface area contributed by atoms with Crippen LogP contribution in [0.2, 0.25) is 0 Å². The Balaban J connectivity index is 4.20. The molecular formula is C52H100N2O6P+. The van der Waals surface area contributed by atoms with Crippen molar-refractivity contribution < 1.29 is 32.9 Å². The lowest BCUT2D eigenvalue weighted by molar-refractivity contribution is -0.870. The molecule has 0 aliphatic heterocycles. The summed E-state index contributed by atoms with van der Waals surface area (Å²) >= 11 is 0. The van der Waals surface area contributed by atoms with Crippen molar-refractivity contribution in [1.82, 2.24) is 5.32 Å². The molecule has 0 bridgehead atoms. The van der Waals surface area contributed by atoms with Crippen LogP contribution >= 0.6 is 7.82 Å². The van der Waals surface area contributed by atoms with Crippen LogP contribution in [0.3, 0.4) is 0 Å². The summed E-state index contributed by atoms with van der Waals surface area (Å²) in [5, 5.41) is 13.9. The Morgan fingerprint density at radius 2 is 0.951 bits per heavy atom. The summed E-state index contributed by atoms with van der Waals surface area (Å²) in [6, 6.07) is -0.799. The predicted molar refractivity (Wildman–Crippen MR) is 263 cm³/mol. The van der Waals surface area contributed by atoms with Gasteiger partial charge in [-0.1, -0.05) is 229 Å². The van der Waals surface area contributed by atoms with Crippen molar-refractivity contribution in [3.8, 4) is 0 Å². The Kier molecular flexibility index (Phi) is 42.6. The summed E-state index contributed by atoms with van der Waals surface area (Å²) in [7, 11) is 1.57. The summed E-state index contributed by atoms with van der Waals surface area (Å²) in [6.07, 6.45) is 56.2. The molecule has 0 aromatic heterocycles. The van der Waals surface area contributed by atoms with Gasteiger partial charge in [0.25, 0.3) is 0 Å². The van der Waals surface area contributed by atoms with Gasteiger partial charge in [0, 0.05) is 6.42 Å². The molecule has 3 N–H and O–H groups in total. The van der Waals surface area contributed by atoms with Gasteiger partial charge >= 0.3 is 7.82 Å². The lowest BCUT2D eigenvalue weighted by Gasteiger charge is -2.26. The van der Waals surface area contributed by atoms with E-state index in [-0.39, 0.29) is 25.5 Å². The number of carbonyl (C=O) groups is 1. The molecule has 0 aromatic carbocycles. The number of aliphatic hydroxyl groups excluding tert-OH is 1. The van der Waals surface area contributed by atoms with Gasteiger partial charge in [-0.2, -0.15) is 0 Å². The Labute approximate surface area is 378 Å². The number of likely N-dealkylation sites (N-methyl/N-ethyl adjacent to an activating group) is 1. The average molecular weight is 880 g/mol. The molecule has 0 spiro atoms. The number of hydrogen-bond donors (Lipinski definition) is 3. The fraction of sp³-hybridized carbons (Fsp3) is 0.827. The first-order valence-electron chi connectivity index (χ1n) is 25.5. The van der Waals surface area contributed by atoms with Gasteiger partial charge in [0.15, 0.2) is 0 Å². The maximum Gasteiger partial charge on any atom is 0.472 e. The number of nitrogens with one attached hydrogen (secondary N) is 1. The molecule has 358 valence electrons. The van der Waals surface area contributed by atoms with E-state index in [0.29, 0.717) is 23.9 Å². The second-order valence-electron chi connectivity index (χ2n) is 18.5. The number of quaternary nitrogens is 1. The lowest BCUT2D eigenvalue weighted by Crippen LogP contribution is -2.46. The van der Waals surface area contributed by atoms with Gasteiger partial charge in [-0.15, -0.1) is 0 Å². The van der Waals surface area contributed by atoms with Crippen LogP contribution in [0.5, 0.6) is 0 Å². The van der Waals surface area contributed by atoms with Crippen molar-refractivity contribution in [2.75, 3.05) is 40.9 Å². The second kappa shape index (κ2) is 43.7. The van der Waals surface area contributed by atoms with E-state index in [4.69, 9.17) is 9.05 Å². The van der Waals surface area contributed by atoms with Crippen LogP contribution in [-0.4, -0.2) is 73.4 Å². The number of nitrogens with zero attached hydrogens (tertiary/aromatic N) is 1. The first-order valence-corrected chi connectivity index (χ1v) is 27.0. The zero-order valence-corrected chi connectivity index (χ0v) is 41.5. The minimum atomic E-state index is -4.34. The van der Waals surface area contributed by atoms with Gasteiger partial charge in [-0.3, -0.25) is 13.8 Å². The van der Waals surface area contributed by atoms with Crippen molar-refractivity contribution in [2.24, 2.45) is 0 Å². The van der Waals surface area contributed by atoms with Crippen molar-refractivity contribution in [1.29, 1.82) is 0 Å². The maximum absolute atomic E-state index is 12.9. The molecule has 0 rings (SSSR count). The van der Waals surface area contributed by atoms with Gasteiger partial charge in [0.1, 0.15) is 13.2 Å². The highest BCUT2D eigenvalue weighted by Gasteiger charge is 2.28. The molecule has 1 amide bonds. The quantitative estimate of drug-likeness (QED) is 0.0243. The van der Waals surface area contributed by atoms with E-state index in [2.05, 4.69) is 55.6 Å². The van der Waals surface area contributed by atoms with E-state index >= 15 is 0 Å². The summed E-state index contributed by atoms with van der Waals surface area (Å²) < 4.78 is 23.6. The standard InChI is InChI=1S/C52H99N2O6P/c1-6-8-10-12-14-16-18-20-21-22-23-24-25-26-27-28-29-30-31-32-34-35-37-39-41-43-45-51(55)50(49-60-61(57,58)59-48-47-54(3,4)5)53-52(56)46-44-42-40-38-36-33-19-17-15-13-11-9-7-2/h9,11,15,17,33,36,40,42,50-51,55H,6-8,10,12-14,16,18-32,34-35,37-39,41,43-49H2,1-5H3,(H-,53,56,57,58)/p+1/b11-9-,17-15-,36-33-,42-40-. The highest BCUT2D eigenvalue weighted by atomic mass is 31.2. The third-order valence-electron chi connectivity index (χ3n) is 11.4. The third kappa shape index (κ3) is 46.3. The average Bonchev–Trinajstić information content (AvgIpc) is 3.21. The number of unbranched alkanes of at least 4 members (excludes halogenated alkanes) is 25. The Hall–Kier alpha value is -1.54. The summed E-state index contributed by atoms with van der Waals surface area (Å²) in [6.45, 7) is 4.72. The number of aliphatic hydroxyl groups is 1. The molecule has 0 saturated carbocycles. The lowest BCUT2D eigenvalue weighted by atomic mass is 10.0. The number of phosphoric ester groups is 1. The molecular weight excluding hydrogens is 780 g/mol. The monoisotopic (exact) mass is 880 g/mol. The van der Waals surface area contributed by atoms with Gasteiger partial charge in [-0.05, 0) is 38.5 Å².